The fourth-order valence-corrected chi connectivity index (χ4v) is 4.43. The Hall–Kier alpha value is -3.15. The molecule has 0 aliphatic rings. The molecule has 0 aliphatic heterocycles. The van der Waals surface area contributed by atoms with Gasteiger partial charge in [0.25, 0.3) is 0 Å². The number of hydrogen-bond acceptors (Lipinski definition) is 6. The summed E-state index contributed by atoms with van der Waals surface area (Å²) in [7, 11) is 0. The first-order valence-corrected chi connectivity index (χ1v) is 18.5. The average Bonchev–Trinajstić information content (AvgIpc) is 3.06. The molecule has 0 fully saturated rings. The summed E-state index contributed by atoms with van der Waals surface area (Å²) in [4.78, 5) is 37.3. The van der Waals surface area contributed by atoms with Crippen LogP contribution in [0.5, 0.6) is 0 Å². The maximum absolute atomic E-state index is 12.5. The summed E-state index contributed by atoms with van der Waals surface area (Å²) in [6.45, 7) is 6.19. The van der Waals surface area contributed by atoms with E-state index in [1.807, 2.05) is 0 Å². The Kier molecular flexibility index (Phi) is 33.3. The summed E-state index contributed by atoms with van der Waals surface area (Å²) in [5.74, 6) is -1.03. The van der Waals surface area contributed by atoms with Crippen molar-refractivity contribution in [3.05, 3.63) is 72.9 Å². The third kappa shape index (κ3) is 34.0. The molecule has 6 heteroatoms. The molecule has 0 bridgehead atoms. The van der Waals surface area contributed by atoms with Gasteiger partial charge in [-0.3, -0.25) is 14.4 Å². The molecule has 266 valence electrons. The third-order valence-corrected chi connectivity index (χ3v) is 7.20. The molecule has 0 heterocycles. The van der Waals surface area contributed by atoms with Crippen molar-refractivity contribution in [1.29, 1.82) is 0 Å². The van der Waals surface area contributed by atoms with Crippen molar-refractivity contribution in [3.8, 4) is 0 Å². The normalized spacial score (nSPS) is 12.8. The Morgan fingerprint density at radius 3 is 1.40 bits per heavy atom. The molecule has 6 nitrogen and oxygen atoms in total. The molecule has 1 atom stereocenters. The number of allylic oxidation sites excluding steroid dienone is 12. The Labute approximate surface area is 287 Å². The van der Waals surface area contributed by atoms with Crippen LogP contribution in [0.1, 0.15) is 149 Å². The summed E-state index contributed by atoms with van der Waals surface area (Å²) in [5.41, 5.74) is 0. The van der Waals surface area contributed by atoms with Crippen molar-refractivity contribution >= 4 is 17.9 Å². The Morgan fingerprint density at radius 1 is 0.468 bits per heavy atom. The highest BCUT2D eigenvalue weighted by molar-refractivity contribution is 5.71. The average molecular weight is 655 g/mol. The van der Waals surface area contributed by atoms with Crippen LogP contribution in [0.3, 0.4) is 0 Å². The Morgan fingerprint density at radius 2 is 0.894 bits per heavy atom. The van der Waals surface area contributed by atoms with Gasteiger partial charge in [0.05, 0.1) is 0 Å². The lowest BCUT2D eigenvalue weighted by Crippen LogP contribution is -2.30. The molecule has 0 aromatic carbocycles. The topological polar surface area (TPSA) is 78.9 Å². The van der Waals surface area contributed by atoms with E-state index in [0.29, 0.717) is 19.3 Å². The van der Waals surface area contributed by atoms with Crippen LogP contribution in [0, 0.1) is 0 Å². The molecule has 0 aliphatic carbocycles. The maximum Gasteiger partial charge on any atom is 0.306 e. The van der Waals surface area contributed by atoms with Crippen molar-refractivity contribution in [2.45, 2.75) is 155 Å². The van der Waals surface area contributed by atoms with E-state index in [0.717, 1.165) is 89.9 Å². The van der Waals surface area contributed by atoms with Gasteiger partial charge >= 0.3 is 17.9 Å². The van der Waals surface area contributed by atoms with Crippen LogP contribution >= 0.6 is 0 Å². The van der Waals surface area contributed by atoms with Crippen molar-refractivity contribution < 1.29 is 28.6 Å². The molecule has 0 amide bonds. The zero-order chi connectivity index (χ0) is 34.5. The SMILES string of the molecule is CC/C=C\C/C=C\CCCCC(=O)OCC(COC(=O)CCCCC/C=C\C=C/CCCC)OC(=O)CCCC/C=C\C/C=C\CC. The smallest absolute Gasteiger partial charge is 0.306 e. The van der Waals surface area contributed by atoms with Gasteiger partial charge in [-0.25, -0.2) is 0 Å². The minimum atomic E-state index is -0.810. The molecular formula is C41H66O6. The van der Waals surface area contributed by atoms with Crippen molar-refractivity contribution in [3.63, 3.8) is 0 Å². The Balaban J connectivity index is 4.52. The van der Waals surface area contributed by atoms with Gasteiger partial charge in [0.15, 0.2) is 6.10 Å². The predicted octanol–water partition coefficient (Wildman–Crippen LogP) is 11.2. The number of esters is 3. The van der Waals surface area contributed by atoms with Gasteiger partial charge in [0.1, 0.15) is 13.2 Å². The lowest BCUT2D eigenvalue weighted by molar-refractivity contribution is -0.167. The lowest BCUT2D eigenvalue weighted by atomic mass is 10.1. The fraction of sp³-hybridized carbons (Fsp3) is 0.634. The second kappa shape index (κ2) is 35.7. The summed E-state index contributed by atoms with van der Waals surface area (Å²) >= 11 is 0. The standard InChI is InChI=1S/C41H66O6/c1-4-7-10-13-16-19-20-23-25-28-31-34-40(43)46-37-38(47-41(44)35-32-29-26-22-18-15-12-9-6-3)36-45-39(42)33-30-27-24-21-17-14-11-8-5-2/h8-9,11-13,16-22,38H,4-7,10,14-15,23-37H2,1-3H3/b11-8-,12-9-,16-13-,20-19-,21-17-,22-18-. The minimum Gasteiger partial charge on any atom is -0.462 e. The number of hydrogen-bond donors (Lipinski definition) is 0. The van der Waals surface area contributed by atoms with E-state index in [4.69, 9.17) is 14.2 Å². The van der Waals surface area contributed by atoms with E-state index in [9.17, 15) is 14.4 Å². The third-order valence-electron chi connectivity index (χ3n) is 7.20. The second-order valence-corrected chi connectivity index (χ2v) is 11.7. The molecule has 0 aromatic rings. The first-order valence-electron chi connectivity index (χ1n) is 18.5. The van der Waals surface area contributed by atoms with Gasteiger partial charge < -0.3 is 14.2 Å². The van der Waals surface area contributed by atoms with Gasteiger partial charge in [-0.2, -0.15) is 0 Å². The van der Waals surface area contributed by atoms with E-state index in [1.54, 1.807) is 0 Å². The molecule has 47 heavy (non-hydrogen) atoms. The highest BCUT2D eigenvalue weighted by atomic mass is 16.6. The quantitative estimate of drug-likeness (QED) is 0.0243. The van der Waals surface area contributed by atoms with Crippen LogP contribution in [-0.4, -0.2) is 37.2 Å². The first-order chi connectivity index (χ1) is 23.0. The summed E-state index contributed by atoms with van der Waals surface area (Å²) in [6.07, 6.45) is 42.0. The molecule has 0 aromatic heterocycles. The second-order valence-electron chi connectivity index (χ2n) is 11.7. The van der Waals surface area contributed by atoms with Crippen LogP contribution in [0.2, 0.25) is 0 Å². The van der Waals surface area contributed by atoms with Gasteiger partial charge in [0, 0.05) is 19.3 Å². The van der Waals surface area contributed by atoms with E-state index >= 15 is 0 Å². The molecule has 0 saturated heterocycles. The fourth-order valence-electron chi connectivity index (χ4n) is 4.43. The summed E-state index contributed by atoms with van der Waals surface area (Å²) in [6, 6.07) is 0. The molecule has 0 N–H and O–H groups in total. The van der Waals surface area contributed by atoms with Crippen LogP contribution in [0.4, 0.5) is 0 Å². The highest BCUT2D eigenvalue weighted by Crippen LogP contribution is 2.10. The van der Waals surface area contributed by atoms with Gasteiger partial charge in [0.2, 0.25) is 0 Å². The van der Waals surface area contributed by atoms with Crippen molar-refractivity contribution in [1.82, 2.24) is 0 Å². The van der Waals surface area contributed by atoms with Crippen molar-refractivity contribution in [2.75, 3.05) is 13.2 Å². The van der Waals surface area contributed by atoms with Crippen molar-refractivity contribution in [2.24, 2.45) is 0 Å². The van der Waals surface area contributed by atoms with E-state index < -0.39 is 6.10 Å². The van der Waals surface area contributed by atoms with Gasteiger partial charge in [-0.1, -0.05) is 113 Å². The molecule has 0 rings (SSSR count). The zero-order valence-electron chi connectivity index (χ0n) is 30.0. The molecule has 1 unspecified atom stereocenters. The van der Waals surface area contributed by atoms with Crippen LogP contribution < -0.4 is 0 Å². The number of carbonyl (C=O) groups is 3. The maximum atomic E-state index is 12.5. The van der Waals surface area contributed by atoms with E-state index in [1.165, 1.54) is 12.8 Å². The van der Waals surface area contributed by atoms with Gasteiger partial charge in [-0.15, -0.1) is 0 Å². The summed E-state index contributed by atoms with van der Waals surface area (Å²) < 4.78 is 16.4. The van der Waals surface area contributed by atoms with Crippen LogP contribution in [0.15, 0.2) is 72.9 Å². The zero-order valence-corrected chi connectivity index (χ0v) is 30.0. The van der Waals surface area contributed by atoms with Gasteiger partial charge in [-0.05, 0) is 89.9 Å². The minimum absolute atomic E-state index is 0.115. The van der Waals surface area contributed by atoms with Crippen LogP contribution in [-0.2, 0) is 28.6 Å². The lowest BCUT2D eigenvalue weighted by Gasteiger charge is -2.18. The number of unbranched alkanes of at least 4 members (excludes halogenated alkanes) is 9. The molecule has 0 spiro atoms. The summed E-state index contributed by atoms with van der Waals surface area (Å²) in [5, 5.41) is 0. The highest BCUT2D eigenvalue weighted by Gasteiger charge is 2.19. The first kappa shape index (κ1) is 43.9. The number of carbonyl (C=O) groups excluding carboxylic acids is 3. The Bertz CT molecular complexity index is 940. The number of rotatable bonds is 31. The molecular weight excluding hydrogens is 588 g/mol. The largest absolute Gasteiger partial charge is 0.462 e. The molecule has 0 radical (unpaired) electrons. The predicted molar refractivity (Wildman–Crippen MR) is 196 cm³/mol. The van der Waals surface area contributed by atoms with E-state index in [2.05, 4.69) is 93.7 Å². The number of ether oxygens (including phenoxy) is 3. The van der Waals surface area contributed by atoms with Crippen LogP contribution in [0.25, 0.3) is 0 Å². The van der Waals surface area contributed by atoms with E-state index in [-0.39, 0.29) is 37.5 Å². The monoisotopic (exact) mass is 654 g/mol. The molecule has 0 saturated carbocycles.